The molecule has 4 aliphatic carbocycles. The largest absolute Gasteiger partial charge is 0.481 e. The Kier molecular flexibility index (Phi) is 4.26. The topological polar surface area (TPSA) is 63.6 Å². The van der Waals surface area contributed by atoms with Crippen LogP contribution < -0.4 is 0 Å². The van der Waals surface area contributed by atoms with Gasteiger partial charge in [-0.05, 0) is 79.4 Å². The van der Waals surface area contributed by atoms with E-state index in [1.165, 1.54) is 38.5 Å². The predicted molar refractivity (Wildman–Crippen MR) is 103 cm³/mol. The van der Waals surface area contributed by atoms with Gasteiger partial charge >= 0.3 is 11.9 Å². The summed E-state index contributed by atoms with van der Waals surface area (Å²) in [5.41, 5.74) is 1.22. The van der Waals surface area contributed by atoms with Crippen molar-refractivity contribution in [2.75, 3.05) is 0 Å². The molecule has 6 atom stereocenters. The van der Waals surface area contributed by atoms with Gasteiger partial charge in [-0.15, -0.1) is 0 Å². The normalized spacial score (nSPS) is 47.6. The summed E-state index contributed by atoms with van der Waals surface area (Å²) < 4.78 is 5.77. The van der Waals surface area contributed by atoms with Crippen molar-refractivity contribution in [1.82, 2.24) is 0 Å². The summed E-state index contributed by atoms with van der Waals surface area (Å²) in [7, 11) is 0. The van der Waals surface area contributed by atoms with Crippen LogP contribution in [0.5, 0.6) is 0 Å². The lowest BCUT2D eigenvalue weighted by molar-refractivity contribution is -0.199. The smallest absolute Gasteiger partial charge is 0.317 e. The standard InChI is InChI=1S/C23H36O4/c1-20(2)8-5-9-22(4)16(20)7-6-15-12-17(27-19(26)13-18(24)25)21(3)10-11-23(15,22)14-21/h15-17H,5-14H2,1-4H3,(H,24,25)/t15-,16-,17+,21-,22-,23-/m0/s1. The highest BCUT2D eigenvalue weighted by Crippen LogP contribution is 2.76. The van der Waals surface area contributed by atoms with Crippen molar-refractivity contribution in [2.45, 2.75) is 98.0 Å². The molecule has 0 radical (unpaired) electrons. The fraction of sp³-hybridized carbons (Fsp3) is 0.913. The first kappa shape index (κ1) is 19.3. The summed E-state index contributed by atoms with van der Waals surface area (Å²) in [5.74, 6) is -0.250. The van der Waals surface area contributed by atoms with Crippen molar-refractivity contribution in [3.05, 3.63) is 0 Å². The fourth-order valence-corrected chi connectivity index (χ4v) is 8.46. The third-order valence-electron chi connectivity index (χ3n) is 9.66. The zero-order valence-corrected chi connectivity index (χ0v) is 17.5. The van der Waals surface area contributed by atoms with E-state index in [4.69, 9.17) is 9.84 Å². The van der Waals surface area contributed by atoms with E-state index in [-0.39, 0.29) is 11.5 Å². The second-order valence-electron chi connectivity index (χ2n) is 11.4. The lowest BCUT2D eigenvalue weighted by Gasteiger charge is -2.67. The van der Waals surface area contributed by atoms with E-state index in [0.29, 0.717) is 22.2 Å². The molecule has 0 heterocycles. The third-order valence-corrected chi connectivity index (χ3v) is 9.66. The molecule has 0 aliphatic heterocycles. The van der Waals surface area contributed by atoms with E-state index in [2.05, 4.69) is 27.7 Å². The number of esters is 1. The second kappa shape index (κ2) is 5.97. The number of fused-ring (bicyclic) bond motifs is 2. The molecule has 0 unspecified atom stereocenters. The van der Waals surface area contributed by atoms with Gasteiger partial charge in [0.2, 0.25) is 0 Å². The molecule has 0 amide bonds. The van der Waals surface area contributed by atoms with Crippen LogP contribution in [0.15, 0.2) is 0 Å². The van der Waals surface area contributed by atoms with E-state index in [1.807, 2.05) is 0 Å². The first-order valence-corrected chi connectivity index (χ1v) is 10.9. The SMILES string of the molecule is CC1(C)CCC[C@@]2(C)[C@H]1CC[C@H]1C[C@@H](OC(=O)CC(=O)O)[C@@]3(C)CC[C@]12C3. The monoisotopic (exact) mass is 376 g/mol. The van der Waals surface area contributed by atoms with Crippen molar-refractivity contribution in [1.29, 1.82) is 0 Å². The Balaban J connectivity index is 1.62. The predicted octanol–water partition coefficient (Wildman–Crippen LogP) is 5.20. The molecular weight excluding hydrogens is 340 g/mol. The summed E-state index contributed by atoms with van der Waals surface area (Å²) in [6, 6.07) is 0. The molecule has 4 aliphatic rings. The van der Waals surface area contributed by atoms with Crippen molar-refractivity contribution < 1.29 is 19.4 Å². The third kappa shape index (κ3) is 2.68. The number of carboxylic acids is 1. The van der Waals surface area contributed by atoms with Gasteiger partial charge in [0.1, 0.15) is 12.5 Å². The van der Waals surface area contributed by atoms with Crippen molar-refractivity contribution in [2.24, 2.45) is 33.5 Å². The van der Waals surface area contributed by atoms with Crippen molar-refractivity contribution in [3.8, 4) is 0 Å². The Morgan fingerprint density at radius 3 is 2.48 bits per heavy atom. The lowest BCUT2D eigenvalue weighted by atomic mass is 9.38. The first-order chi connectivity index (χ1) is 12.5. The molecule has 4 saturated carbocycles. The number of carbonyl (C=O) groups excluding carboxylic acids is 1. The van der Waals surface area contributed by atoms with Gasteiger partial charge in [-0.25, -0.2) is 0 Å². The Bertz CT molecular complexity index is 655. The zero-order valence-electron chi connectivity index (χ0n) is 17.5. The molecule has 1 spiro atoms. The Morgan fingerprint density at radius 2 is 1.78 bits per heavy atom. The van der Waals surface area contributed by atoms with Crippen LogP contribution in [0.25, 0.3) is 0 Å². The van der Waals surface area contributed by atoms with Gasteiger partial charge in [0.15, 0.2) is 0 Å². The molecule has 2 bridgehead atoms. The van der Waals surface area contributed by atoms with Crippen LogP contribution in [-0.2, 0) is 14.3 Å². The van der Waals surface area contributed by atoms with Crippen LogP contribution in [-0.4, -0.2) is 23.1 Å². The van der Waals surface area contributed by atoms with Gasteiger partial charge in [-0.3, -0.25) is 9.59 Å². The number of carboxylic acid groups (broad SMARTS) is 1. The number of rotatable bonds is 3. The van der Waals surface area contributed by atoms with E-state index in [0.717, 1.165) is 25.2 Å². The van der Waals surface area contributed by atoms with Crippen LogP contribution in [0.1, 0.15) is 91.9 Å². The summed E-state index contributed by atoms with van der Waals surface area (Å²) in [4.78, 5) is 22.9. The molecule has 4 rings (SSSR count). The summed E-state index contributed by atoms with van der Waals surface area (Å²) in [6.07, 6.45) is 10.4. The lowest BCUT2D eigenvalue weighted by Crippen LogP contribution is -2.60. The Hall–Kier alpha value is -1.06. The van der Waals surface area contributed by atoms with Crippen LogP contribution in [0, 0.1) is 33.5 Å². The maximum absolute atomic E-state index is 12.1. The van der Waals surface area contributed by atoms with Crippen LogP contribution in [0.4, 0.5) is 0 Å². The maximum Gasteiger partial charge on any atom is 0.317 e. The number of ether oxygens (including phenoxy) is 1. The van der Waals surface area contributed by atoms with E-state index >= 15 is 0 Å². The number of hydrogen-bond acceptors (Lipinski definition) is 3. The van der Waals surface area contributed by atoms with Gasteiger partial charge in [0.05, 0.1) is 0 Å². The molecule has 27 heavy (non-hydrogen) atoms. The van der Waals surface area contributed by atoms with Crippen molar-refractivity contribution in [3.63, 3.8) is 0 Å². The minimum atomic E-state index is -1.10. The summed E-state index contributed by atoms with van der Waals surface area (Å²) >= 11 is 0. The van der Waals surface area contributed by atoms with Crippen LogP contribution in [0.2, 0.25) is 0 Å². The molecule has 0 aromatic heterocycles. The molecule has 0 saturated heterocycles. The first-order valence-electron chi connectivity index (χ1n) is 10.9. The maximum atomic E-state index is 12.1. The summed E-state index contributed by atoms with van der Waals surface area (Å²) in [5, 5.41) is 8.91. The second-order valence-corrected chi connectivity index (χ2v) is 11.4. The van der Waals surface area contributed by atoms with Gasteiger partial charge in [-0.2, -0.15) is 0 Å². The molecule has 0 aromatic carbocycles. The molecule has 4 fully saturated rings. The quantitative estimate of drug-likeness (QED) is 0.543. The van der Waals surface area contributed by atoms with Gasteiger partial charge in [0.25, 0.3) is 0 Å². The van der Waals surface area contributed by atoms with Crippen molar-refractivity contribution >= 4 is 11.9 Å². The number of carbonyl (C=O) groups is 2. The average Bonchev–Trinajstić information content (AvgIpc) is 2.85. The highest BCUT2D eigenvalue weighted by atomic mass is 16.5. The average molecular weight is 377 g/mol. The summed E-state index contributed by atoms with van der Waals surface area (Å²) in [6.45, 7) is 9.85. The highest BCUT2D eigenvalue weighted by Gasteiger charge is 2.69. The highest BCUT2D eigenvalue weighted by molar-refractivity contribution is 5.90. The molecule has 0 aromatic rings. The molecule has 4 heteroatoms. The molecule has 1 N–H and O–H groups in total. The molecular formula is C23H36O4. The van der Waals surface area contributed by atoms with E-state index in [1.54, 1.807) is 0 Å². The molecule has 4 nitrogen and oxygen atoms in total. The van der Waals surface area contributed by atoms with Crippen LogP contribution in [0.3, 0.4) is 0 Å². The molecule has 152 valence electrons. The Morgan fingerprint density at radius 1 is 1.04 bits per heavy atom. The fourth-order valence-electron chi connectivity index (χ4n) is 8.46. The minimum Gasteiger partial charge on any atom is -0.481 e. The van der Waals surface area contributed by atoms with Gasteiger partial charge in [-0.1, -0.05) is 34.1 Å². The van der Waals surface area contributed by atoms with E-state index < -0.39 is 18.4 Å². The van der Waals surface area contributed by atoms with Gasteiger partial charge < -0.3 is 9.84 Å². The number of hydrogen-bond donors (Lipinski definition) is 1. The van der Waals surface area contributed by atoms with Crippen LogP contribution >= 0.6 is 0 Å². The Labute approximate surface area is 163 Å². The van der Waals surface area contributed by atoms with E-state index in [9.17, 15) is 9.59 Å². The number of aliphatic carboxylic acids is 1. The zero-order chi connectivity index (χ0) is 19.7. The minimum absolute atomic E-state index is 0.0111. The van der Waals surface area contributed by atoms with Gasteiger partial charge in [0, 0.05) is 5.41 Å².